The number of allylic oxidation sites excluding steroid dienone is 3. The minimum Gasteiger partial charge on any atom is -0.295 e. The third kappa shape index (κ3) is 3.40. The SMILES string of the molecule is CC(=O)/C=C/C=C/c1ccccc1C. The van der Waals surface area contributed by atoms with Gasteiger partial charge in [0.15, 0.2) is 5.78 Å². The zero-order chi connectivity index (χ0) is 10.4. The van der Waals surface area contributed by atoms with Crippen molar-refractivity contribution in [1.82, 2.24) is 0 Å². The zero-order valence-corrected chi connectivity index (χ0v) is 8.53. The van der Waals surface area contributed by atoms with Crippen molar-refractivity contribution in [2.45, 2.75) is 13.8 Å². The van der Waals surface area contributed by atoms with Crippen LogP contribution in [-0.4, -0.2) is 5.78 Å². The molecular formula is C13H14O. The number of hydrogen-bond acceptors (Lipinski definition) is 1. The standard InChI is InChI=1S/C13H14O/c1-11-7-3-5-9-13(11)10-6-4-8-12(2)14/h3-10H,1-2H3/b8-4+,10-6+. The lowest BCUT2D eigenvalue weighted by Crippen LogP contribution is -1.79. The van der Waals surface area contributed by atoms with E-state index in [1.165, 1.54) is 18.1 Å². The first-order valence-corrected chi connectivity index (χ1v) is 4.61. The molecule has 1 nitrogen and oxygen atoms in total. The van der Waals surface area contributed by atoms with Crippen molar-refractivity contribution in [2.75, 3.05) is 0 Å². The molecule has 14 heavy (non-hydrogen) atoms. The van der Waals surface area contributed by atoms with Crippen LogP contribution in [0.1, 0.15) is 18.1 Å². The van der Waals surface area contributed by atoms with E-state index in [4.69, 9.17) is 0 Å². The molecule has 0 radical (unpaired) electrons. The number of benzene rings is 1. The lowest BCUT2D eigenvalue weighted by atomic mass is 10.1. The third-order valence-corrected chi connectivity index (χ3v) is 1.91. The molecule has 0 atom stereocenters. The number of rotatable bonds is 3. The summed E-state index contributed by atoms with van der Waals surface area (Å²) in [5, 5.41) is 0. The Kier molecular flexibility index (Phi) is 3.86. The number of hydrogen-bond donors (Lipinski definition) is 0. The second-order valence-electron chi connectivity index (χ2n) is 3.19. The van der Waals surface area contributed by atoms with Crippen LogP contribution in [0.15, 0.2) is 42.5 Å². The molecule has 72 valence electrons. The summed E-state index contributed by atoms with van der Waals surface area (Å²) >= 11 is 0. The highest BCUT2D eigenvalue weighted by molar-refractivity contribution is 5.87. The van der Waals surface area contributed by atoms with Gasteiger partial charge in [-0.2, -0.15) is 0 Å². The Morgan fingerprint density at radius 3 is 2.57 bits per heavy atom. The molecule has 1 aromatic rings. The van der Waals surface area contributed by atoms with Crippen molar-refractivity contribution >= 4 is 11.9 Å². The van der Waals surface area contributed by atoms with E-state index in [2.05, 4.69) is 13.0 Å². The number of aryl methyl sites for hydroxylation is 1. The monoisotopic (exact) mass is 186 g/mol. The molecule has 0 N–H and O–H groups in total. The quantitative estimate of drug-likeness (QED) is 0.523. The normalized spacial score (nSPS) is 11.3. The molecule has 0 aliphatic rings. The van der Waals surface area contributed by atoms with Gasteiger partial charge in [0.2, 0.25) is 0 Å². The average Bonchev–Trinajstić information content (AvgIpc) is 2.15. The van der Waals surface area contributed by atoms with E-state index in [9.17, 15) is 4.79 Å². The first kappa shape index (κ1) is 10.5. The summed E-state index contributed by atoms with van der Waals surface area (Å²) in [6.45, 7) is 3.60. The maximum Gasteiger partial charge on any atom is 0.152 e. The Morgan fingerprint density at radius 1 is 1.21 bits per heavy atom. The predicted molar refractivity (Wildman–Crippen MR) is 60.0 cm³/mol. The molecule has 0 fully saturated rings. The van der Waals surface area contributed by atoms with Gasteiger partial charge in [0.05, 0.1) is 0 Å². The molecule has 0 aliphatic carbocycles. The molecule has 0 heterocycles. The second kappa shape index (κ2) is 5.18. The van der Waals surface area contributed by atoms with Crippen LogP contribution in [0, 0.1) is 6.92 Å². The molecule has 0 aliphatic heterocycles. The highest BCUT2D eigenvalue weighted by Crippen LogP contribution is 2.08. The Balaban J connectivity index is 2.69. The summed E-state index contributed by atoms with van der Waals surface area (Å²) in [5.74, 6) is 0.0689. The molecule has 0 saturated heterocycles. The van der Waals surface area contributed by atoms with Gasteiger partial charge in [0.25, 0.3) is 0 Å². The van der Waals surface area contributed by atoms with Gasteiger partial charge >= 0.3 is 0 Å². The van der Waals surface area contributed by atoms with E-state index in [0.717, 1.165) is 0 Å². The van der Waals surface area contributed by atoms with Crippen LogP contribution >= 0.6 is 0 Å². The predicted octanol–water partition coefficient (Wildman–Crippen LogP) is 3.15. The van der Waals surface area contributed by atoms with Crippen molar-refractivity contribution in [3.8, 4) is 0 Å². The molecule has 0 unspecified atom stereocenters. The first-order valence-electron chi connectivity index (χ1n) is 4.61. The van der Waals surface area contributed by atoms with Crippen molar-refractivity contribution < 1.29 is 4.79 Å². The summed E-state index contributed by atoms with van der Waals surface area (Å²) in [7, 11) is 0. The molecular weight excluding hydrogens is 172 g/mol. The fraction of sp³-hybridized carbons (Fsp3) is 0.154. The zero-order valence-electron chi connectivity index (χ0n) is 8.53. The molecule has 1 rings (SSSR count). The Morgan fingerprint density at radius 2 is 1.93 bits per heavy atom. The van der Waals surface area contributed by atoms with Gasteiger partial charge in [-0.1, -0.05) is 42.5 Å². The average molecular weight is 186 g/mol. The van der Waals surface area contributed by atoms with Gasteiger partial charge in [-0.3, -0.25) is 4.79 Å². The van der Waals surface area contributed by atoms with Gasteiger partial charge in [-0.15, -0.1) is 0 Å². The fourth-order valence-corrected chi connectivity index (χ4v) is 1.12. The molecule has 1 aromatic carbocycles. The maximum absolute atomic E-state index is 10.6. The van der Waals surface area contributed by atoms with Gasteiger partial charge in [-0.05, 0) is 31.1 Å². The summed E-state index contributed by atoms with van der Waals surface area (Å²) < 4.78 is 0. The largest absolute Gasteiger partial charge is 0.295 e. The number of ketones is 1. The fourth-order valence-electron chi connectivity index (χ4n) is 1.12. The molecule has 0 bridgehead atoms. The minimum absolute atomic E-state index is 0.0689. The van der Waals surface area contributed by atoms with E-state index in [0.29, 0.717) is 0 Å². The van der Waals surface area contributed by atoms with Crippen LogP contribution in [0.25, 0.3) is 6.08 Å². The highest BCUT2D eigenvalue weighted by atomic mass is 16.1. The summed E-state index contributed by atoms with van der Waals surface area (Å²) in [4.78, 5) is 10.6. The molecule has 1 heteroatoms. The molecule has 0 amide bonds. The van der Waals surface area contributed by atoms with E-state index in [-0.39, 0.29) is 5.78 Å². The summed E-state index contributed by atoms with van der Waals surface area (Å²) in [6, 6.07) is 8.13. The third-order valence-electron chi connectivity index (χ3n) is 1.91. The maximum atomic E-state index is 10.6. The van der Waals surface area contributed by atoms with E-state index >= 15 is 0 Å². The van der Waals surface area contributed by atoms with Crippen LogP contribution in [0.4, 0.5) is 0 Å². The minimum atomic E-state index is 0.0689. The van der Waals surface area contributed by atoms with Gasteiger partial charge in [0.1, 0.15) is 0 Å². The van der Waals surface area contributed by atoms with Crippen LogP contribution < -0.4 is 0 Å². The van der Waals surface area contributed by atoms with Crippen LogP contribution in [0.5, 0.6) is 0 Å². The molecule has 0 spiro atoms. The van der Waals surface area contributed by atoms with Crippen LogP contribution in [0.2, 0.25) is 0 Å². The Hall–Kier alpha value is -1.63. The summed E-state index contributed by atoms with van der Waals surface area (Å²) in [5.41, 5.74) is 2.42. The Bertz CT molecular complexity index is 373. The van der Waals surface area contributed by atoms with Gasteiger partial charge in [-0.25, -0.2) is 0 Å². The van der Waals surface area contributed by atoms with Crippen molar-refractivity contribution in [2.24, 2.45) is 0 Å². The lowest BCUT2D eigenvalue weighted by Gasteiger charge is -1.96. The van der Waals surface area contributed by atoms with Crippen LogP contribution in [0.3, 0.4) is 0 Å². The topological polar surface area (TPSA) is 17.1 Å². The number of carbonyl (C=O) groups is 1. The first-order chi connectivity index (χ1) is 6.70. The van der Waals surface area contributed by atoms with E-state index in [1.54, 1.807) is 12.2 Å². The Labute approximate surface area is 84.8 Å². The van der Waals surface area contributed by atoms with E-state index in [1.807, 2.05) is 30.4 Å². The van der Waals surface area contributed by atoms with Crippen molar-refractivity contribution in [1.29, 1.82) is 0 Å². The molecule has 0 saturated carbocycles. The molecule has 0 aromatic heterocycles. The van der Waals surface area contributed by atoms with Crippen LogP contribution in [-0.2, 0) is 4.79 Å². The summed E-state index contributed by atoms with van der Waals surface area (Å²) in [6.07, 6.45) is 7.18. The number of carbonyl (C=O) groups excluding carboxylic acids is 1. The lowest BCUT2D eigenvalue weighted by molar-refractivity contribution is -0.112. The van der Waals surface area contributed by atoms with E-state index < -0.39 is 0 Å². The van der Waals surface area contributed by atoms with Crippen molar-refractivity contribution in [3.63, 3.8) is 0 Å². The highest BCUT2D eigenvalue weighted by Gasteiger charge is 1.88. The van der Waals surface area contributed by atoms with Gasteiger partial charge in [0, 0.05) is 0 Å². The smallest absolute Gasteiger partial charge is 0.152 e. The van der Waals surface area contributed by atoms with Gasteiger partial charge < -0.3 is 0 Å². The van der Waals surface area contributed by atoms with Crippen molar-refractivity contribution in [3.05, 3.63) is 53.6 Å². The second-order valence-corrected chi connectivity index (χ2v) is 3.19.